The molecule has 2 rings (SSSR count). The molecule has 0 bridgehead atoms. The molecule has 0 spiro atoms. The Morgan fingerprint density at radius 3 is 2.86 bits per heavy atom. The van der Waals surface area contributed by atoms with Crippen molar-refractivity contribution in [3.63, 3.8) is 0 Å². The van der Waals surface area contributed by atoms with Gasteiger partial charge in [0, 0.05) is 15.8 Å². The van der Waals surface area contributed by atoms with Gasteiger partial charge in [-0.2, -0.15) is 0 Å². The number of halogens is 1. The summed E-state index contributed by atoms with van der Waals surface area (Å²) in [5, 5.41) is 3.13. The molecule has 0 unspecified atom stereocenters. The van der Waals surface area contributed by atoms with Crippen LogP contribution in [0.5, 0.6) is 5.75 Å². The van der Waals surface area contributed by atoms with E-state index in [1.54, 1.807) is 37.4 Å². The Balaban J connectivity index is 1.83. The van der Waals surface area contributed by atoms with E-state index in [0.717, 1.165) is 5.56 Å². The van der Waals surface area contributed by atoms with Crippen molar-refractivity contribution in [3.8, 4) is 5.75 Å². The Kier molecular flexibility index (Phi) is 6.03. The van der Waals surface area contributed by atoms with Gasteiger partial charge in [0.15, 0.2) is 0 Å². The maximum Gasteiger partial charge on any atom is 0.233 e. The van der Waals surface area contributed by atoms with Crippen LogP contribution in [0.3, 0.4) is 0 Å². The maximum absolute atomic E-state index is 12.0. The van der Waals surface area contributed by atoms with Crippen molar-refractivity contribution in [2.45, 2.75) is 12.3 Å². The Labute approximate surface area is 136 Å². The summed E-state index contributed by atoms with van der Waals surface area (Å²) in [6, 6.07) is 8.65. The summed E-state index contributed by atoms with van der Waals surface area (Å²) >= 11 is 6.09. The minimum Gasteiger partial charge on any atom is -0.497 e. The third-order valence-electron chi connectivity index (χ3n) is 2.91. The zero-order valence-electron chi connectivity index (χ0n) is 12.0. The van der Waals surface area contributed by atoms with E-state index in [1.807, 2.05) is 0 Å². The fourth-order valence-electron chi connectivity index (χ4n) is 1.79. The third kappa shape index (κ3) is 4.89. The molecule has 0 saturated carbocycles. The van der Waals surface area contributed by atoms with E-state index in [1.165, 1.54) is 6.26 Å². The van der Waals surface area contributed by atoms with Crippen LogP contribution in [0.1, 0.15) is 11.3 Å². The maximum atomic E-state index is 12.0. The number of hydrogen-bond acceptors (Lipinski definition) is 4. The number of amides is 1. The predicted molar refractivity (Wildman–Crippen MR) is 85.3 cm³/mol. The number of furan rings is 1. The first-order chi connectivity index (χ1) is 10.6. The molecule has 22 heavy (non-hydrogen) atoms. The zero-order chi connectivity index (χ0) is 15.9. The van der Waals surface area contributed by atoms with Gasteiger partial charge in [0.05, 0.1) is 25.7 Å². The summed E-state index contributed by atoms with van der Waals surface area (Å²) in [6.45, 7) is 0.284. The molecule has 1 atom stereocenters. The fraction of sp³-hybridized carbons (Fsp3) is 0.267. The van der Waals surface area contributed by atoms with E-state index in [2.05, 4.69) is 5.32 Å². The Morgan fingerprint density at radius 2 is 2.23 bits per heavy atom. The highest BCUT2D eigenvalue weighted by molar-refractivity contribution is 7.84. The van der Waals surface area contributed by atoms with Gasteiger partial charge in [0.2, 0.25) is 5.91 Å². The van der Waals surface area contributed by atoms with Gasteiger partial charge in [0.1, 0.15) is 17.3 Å². The second kappa shape index (κ2) is 8.00. The summed E-state index contributed by atoms with van der Waals surface area (Å²) in [6.07, 6.45) is 1.53. The van der Waals surface area contributed by atoms with Crippen LogP contribution in [0.25, 0.3) is 0 Å². The summed E-state index contributed by atoms with van der Waals surface area (Å²) < 4.78 is 22.2. The quantitative estimate of drug-likeness (QED) is 0.840. The fourth-order valence-corrected chi connectivity index (χ4v) is 3.20. The molecule has 7 heteroatoms. The van der Waals surface area contributed by atoms with Gasteiger partial charge >= 0.3 is 0 Å². The smallest absolute Gasteiger partial charge is 0.233 e. The lowest BCUT2D eigenvalue weighted by atomic mass is 10.2. The van der Waals surface area contributed by atoms with Crippen LogP contribution in [0, 0.1) is 0 Å². The standard InChI is InChI=1S/C15H16ClNO4S/c1-20-12-5-4-11(14(16)7-12)9-22(19)10-15(18)17-8-13-3-2-6-21-13/h2-7H,8-10H2,1H3,(H,17,18)/t22-/m0/s1. The molecule has 1 heterocycles. The Hall–Kier alpha value is -1.79. The van der Waals surface area contributed by atoms with Crippen molar-refractivity contribution < 1.29 is 18.2 Å². The van der Waals surface area contributed by atoms with Gasteiger partial charge < -0.3 is 14.5 Å². The molecule has 5 nitrogen and oxygen atoms in total. The van der Waals surface area contributed by atoms with Gasteiger partial charge in [-0.15, -0.1) is 0 Å². The molecule has 0 aliphatic heterocycles. The highest BCUT2D eigenvalue weighted by Crippen LogP contribution is 2.23. The summed E-state index contributed by atoms with van der Waals surface area (Å²) in [5.74, 6) is 1.13. The van der Waals surface area contributed by atoms with Gasteiger partial charge in [-0.3, -0.25) is 9.00 Å². The average molecular weight is 342 g/mol. The third-order valence-corrected chi connectivity index (χ3v) is 4.48. The second-order valence-corrected chi connectivity index (χ2v) is 6.41. The molecular formula is C15H16ClNO4S. The van der Waals surface area contributed by atoms with Crippen molar-refractivity contribution >= 4 is 28.3 Å². The second-order valence-electron chi connectivity index (χ2n) is 4.54. The number of rotatable bonds is 7. The van der Waals surface area contributed by atoms with E-state index < -0.39 is 10.8 Å². The van der Waals surface area contributed by atoms with Crippen molar-refractivity contribution in [2.24, 2.45) is 0 Å². The summed E-state index contributed by atoms with van der Waals surface area (Å²) in [4.78, 5) is 11.7. The largest absolute Gasteiger partial charge is 0.497 e. The topological polar surface area (TPSA) is 68.5 Å². The van der Waals surface area contributed by atoms with E-state index >= 15 is 0 Å². The van der Waals surface area contributed by atoms with Crippen LogP contribution in [0.2, 0.25) is 5.02 Å². The first kappa shape index (κ1) is 16.6. The van der Waals surface area contributed by atoms with Crippen LogP contribution < -0.4 is 10.1 Å². The molecule has 2 aromatic rings. The van der Waals surface area contributed by atoms with Gasteiger partial charge in [-0.1, -0.05) is 17.7 Å². The van der Waals surface area contributed by atoms with Crippen molar-refractivity contribution in [1.29, 1.82) is 0 Å². The van der Waals surface area contributed by atoms with Crippen LogP contribution in [-0.4, -0.2) is 23.0 Å². The van der Waals surface area contributed by atoms with Crippen molar-refractivity contribution in [2.75, 3.05) is 12.9 Å². The predicted octanol–water partition coefficient (Wildman–Crippen LogP) is 2.51. The van der Waals surface area contributed by atoms with Crippen LogP contribution in [0.4, 0.5) is 0 Å². The number of ether oxygens (including phenoxy) is 1. The zero-order valence-corrected chi connectivity index (χ0v) is 13.6. The van der Waals surface area contributed by atoms with Gasteiger partial charge in [-0.05, 0) is 29.8 Å². The molecular weight excluding hydrogens is 326 g/mol. The Morgan fingerprint density at radius 1 is 1.41 bits per heavy atom. The molecule has 1 N–H and O–H groups in total. The molecule has 0 aliphatic carbocycles. The number of benzene rings is 1. The highest BCUT2D eigenvalue weighted by atomic mass is 35.5. The summed E-state index contributed by atoms with van der Waals surface area (Å²) in [5.41, 5.74) is 0.722. The minimum atomic E-state index is -1.34. The lowest BCUT2D eigenvalue weighted by Crippen LogP contribution is -2.28. The first-order valence-corrected chi connectivity index (χ1v) is 8.41. The lowest BCUT2D eigenvalue weighted by Gasteiger charge is -2.07. The van der Waals surface area contributed by atoms with E-state index in [4.69, 9.17) is 20.8 Å². The van der Waals surface area contributed by atoms with Crippen LogP contribution in [0.15, 0.2) is 41.0 Å². The molecule has 1 amide bonds. The minimum absolute atomic E-state index is 0.0803. The molecule has 0 fully saturated rings. The average Bonchev–Trinajstić information content (AvgIpc) is 3.00. The number of carbonyl (C=O) groups is 1. The number of nitrogens with one attached hydrogen (secondary N) is 1. The highest BCUT2D eigenvalue weighted by Gasteiger charge is 2.11. The Bertz CT molecular complexity index is 658. The molecule has 0 aliphatic rings. The van der Waals surface area contributed by atoms with Crippen molar-refractivity contribution in [1.82, 2.24) is 5.32 Å². The van der Waals surface area contributed by atoms with Gasteiger partial charge in [0.25, 0.3) is 0 Å². The molecule has 118 valence electrons. The lowest BCUT2D eigenvalue weighted by molar-refractivity contribution is -0.118. The monoisotopic (exact) mass is 341 g/mol. The van der Waals surface area contributed by atoms with E-state index in [-0.39, 0.29) is 24.0 Å². The van der Waals surface area contributed by atoms with Crippen LogP contribution >= 0.6 is 11.6 Å². The number of carbonyl (C=O) groups excluding carboxylic acids is 1. The van der Waals surface area contributed by atoms with Crippen LogP contribution in [-0.2, 0) is 27.9 Å². The van der Waals surface area contributed by atoms with E-state index in [0.29, 0.717) is 16.5 Å². The molecule has 0 saturated heterocycles. The summed E-state index contributed by atoms with van der Waals surface area (Å²) in [7, 11) is 0.212. The molecule has 0 radical (unpaired) electrons. The van der Waals surface area contributed by atoms with Crippen molar-refractivity contribution in [3.05, 3.63) is 52.9 Å². The van der Waals surface area contributed by atoms with Gasteiger partial charge in [-0.25, -0.2) is 0 Å². The number of methoxy groups -OCH3 is 1. The molecule has 1 aromatic carbocycles. The first-order valence-electron chi connectivity index (χ1n) is 6.55. The SMILES string of the molecule is COc1ccc(C[S@](=O)CC(=O)NCc2ccco2)c(Cl)c1. The van der Waals surface area contributed by atoms with E-state index in [9.17, 15) is 9.00 Å². The number of hydrogen-bond donors (Lipinski definition) is 1. The molecule has 1 aromatic heterocycles. The normalized spacial score (nSPS) is 11.9.